The summed E-state index contributed by atoms with van der Waals surface area (Å²) in [5, 5.41) is 16.8. The first kappa shape index (κ1) is 25.6. The lowest BCUT2D eigenvalue weighted by molar-refractivity contribution is -0.130. The van der Waals surface area contributed by atoms with Crippen LogP contribution in [0.2, 0.25) is 0 Å². The van der Waals surface area contributed by atoms with Crippen LogP contribution in [0.4, 0.5) is 0 Å². The Hall–Kier alpha value is -2.97. The predicted molar refractivity (Wildman–Crippen MR) is 141 cm³/mol. The molecule has 3 aromatic carbocycles. The molecule has 0 aliphatic heterocycles. The van der Waals surface area contributed by atoms with Crippen molar-refractivity contribution in [1.29, 1.82) is 0 Å². The Labute approximate surface area is 215 Å². The van der Waals surface area contributed by atoms with Crippen molar-refractivity contribution >= 4 is 49.9 Å². The molecule has 1 atom stereocenters. The monoisotopic (exact) mass is 585 g/mol. The number of carbonyl (C=O) groups is 2. The molecule has 34 heavy (non-hydrogen) atoms. The minimum absolute atomic E-state index is 0.0788. The Morgan fingerprint density at radius 3 is 1.85 bits per heavy atom. The van der Waals surface area contributed by atoms with Gasteiger partial charge in [-0.25, -0.2) is 5.43 Å². The van der Waals surface area contributed by atoms with Gasteiger partial charge in [0.05, 0.1) is 21.1 Å². The fourth-order valence-electron chi connectivity index (χ4n) is 3.46. The quantitative estimate of drug-likeness (QED) is 0.246. The zero-order valence-corrected chi connectivity index (χ0v) is 21.9. The molecule has 0 aliphatic carbocycles. The highest BCUT2D eigenvalue weighted by atomic mass is 79.9. The fraction of sp³-hybridized carbons (Fsp3) is 0.192. The maximum Gasteiger partial charge on any atom is 0.262 e. The van der Waals surface area contributed by atoms with E-state index in [9.17, 15) is 14.7 Å². The van der Waals surface area contributed by atoms with E-state index < -0.39 is 17.9 Å². The summed E-state index contributed by atoms with van der Waals surface area (Å²) in [7, 11) is 0. The number of benzene rings is 3. The van der Waals surface area contributed by atoms with Gasteiger partial charge >= 0.3 is 0 Å². The van der Waals surface area contributed by atoms with Crippen LogP contribution in [0.15, 0.2) is 86.8 Å². The standard InChI is InChI=1S/C26H25Br2N3O3/c1-16(2)23(26(34)31-29-15-17-13-20(27)24(32)21(28)14-17)30-25(33)22(18-9-5-3-6-10-18)19-11-7-4-8-12-19/h3-16,22-23,32H,1-2H3,(H,30,33)(H,31,34)/b29-15-/t23-/m0/s1. The third-order valence-corrected chi connectivity index (χ3v) is 6.41. The first-order chi connectivity index (χ1) is 16.3. The number of hydrogen-bond donors (Lipinski definition) is 3. The molecular weight excluding hydrogens is 562 g/mol. The second-order valence-electron chi connectivity index (χ2n) is 8.05. The van der Waals surface area contributed by atoms with Crippen molar-refractivity contribution in [3.8, 4) is 5.75 Å². The molecular formula is C26H25Br2N3O3. The highest BCUT2D eigenvalue weighted by Crippen LogP contribution is 2.32. The second kappa shape index (κ2) is 11.9. The van der Waals surface area contributed by atoms with E-state index in [-0.39, 0.29) is 17.6 Å². The predicted octanol–water partition coefficient (Wildman–Crippen LogP) is 5.34. The van der Waals surface area contributed by atoms with E-state index in [4.69, 9.17) is 0 Å². The molecule has 0 radical (unpaired) electrons. The number of nitrogens with one attached hydrogen (secondary N) is 2. The van der Waals surface area contributed by atoms with Crippen LogP contribution in [0.1, 0.15) is 36.5 Å². The summed E-state index contributed by atoms with van der Waals surface area (Å²) in [5.41, 5.74) is 4.86. The number of nitrogens with zero attached hydrogens (tertiary/aromatic N) is 1. The molecule has 0 aromatic heterocycles. The van der Waals surface area contributed by atoms with Gasteiger partial charge in [0.15, 0.2) is 0 Å². The third-order valence-electron chi connectivity index (χ3n) is 5.20. The molecule has 0 aliphatic rings. The Morgan fingerprint density at radius 1 is 0.882 bits per heavy atom. The molecule has 0 saturated heterocycles. The van der Waals surface area contributed by atoms with Gasteiger partial charge in [-0.15, -0.1) is 0 Å². The molecule has 3 N–H and O–H groups in total. The van der Waals surface area contributed by atoms with Crippen LogP contribution in [0.5, 0.6) is 5.75 Å². The number of carbonyl (C=O) groups excluding carboxylic acids is 2. The lowest BCUT2D eigenvalue weighted by Crippen LogP contribution is -2.50. The van der Waals surface area contributed by atoms with Crippen LogP contribution in [0, 0.1) is 5.92 Å². The lowest BCUT2D eigenvalue weighted by atomic mass is 9.89. The average Bonchev–Trinajstić information content (AvgIpc) is 2.82. The van der Waals surface area contributed by atoms with Crippen molar-refractivity contribution in [2.45, 2.75) is 25.8 Å². The summed E-state index contributed by atoms with van der Waals surface area (Å²) in [6.07, 6.45) is 1.46. The van der Waals surface area contributed by atoms with Gasteiger partial charge in [0.1, 0.15) is 11.8 Å². The van der Waals surface area contributed by atoms with Crippen LogP contribution < -0.4 is 10.7 Å². The fourth-order valence-corrected chi connectivity index (χ4v) is 4.68. The zero-order valence-electron chi connectivity index (χ0n) is 18.7. The van der Waals surface area contributed by atoms with Crippen LogP contribution in [0.3, 0.4) is 0 Å². The van der Waals surface area contributed by atoms with Gasteiger partial charge in [0, 0.05) is 0 Å². The van der Waals surface area contributed by atoms with Crippen molar-refractivity contribution in [2.24, 2.45) is 11.0 Å². The summed E-state index contributed by atoms with van der Waals surface area (Å²) in [6.45, 7) is 3.73. The Morgan fingerprint density at radius 2 is 1.38 bits per heavy atom. The van der Waals surface area contributed by atoms with Crippen molar-refractivity contribution in [3.63, 3.8) is 0 Å². The smallest absolute Gasteiger partial charge is 0.262 e. The van der Waals surface area contributed by atoms with Crippen LogP contribution >= 0.6 is 31.9 Å². The Balaban J connectivity index is 1.76. The maximum atomic E-state index is 13.4. The van der Waals surface area contributed by atoms with E-state index in [1.807, 2.05) is 74.5 Å². The van der Waals surface area contributed by atoms with Crippen molar-refractivity contribution in [2.75, 3.05) is 0 Å². The van der Waals surface area contributed by atoms with Crippen molar-refractivity contribution in [1.82, 2.24) is 10.7 Å². The average molecular weight is 587 g/mol. The minimum atomic E-state index is -0.780. The Bertz CT molecular complexity index is 1110. The van der Waals surface area contributed by atoms with E-state index in [1.54, 1.807) is 12.1 Å². The summed E-state index contributed by atoms with van der Waals surface area (Å²) in [5.74, 6) is -1.32. The van der Waals surface area contributed by atoms with E-state index in [0.717, 1.165) is 11.1 Å². The molecule has 0 saturated carbocycles. The number of phenols is 1. The Kier molecular flexibility index (Phi) is 9.01. The van der Waals surface area contributed by atoms with Gasteiger partial charge in [-0.2, -0.15) is 5.10 Å². The van der Waals surface area contributed by atoms with E-state index in [0.29, 0.717) is 14.5 Å². The molecule has 0 bridgehead atoms. The summed E-state index contributed by atoms with van der Waals surface area (Å²) in [4.78, 5) is 26.3. The van der Waals surface area contributed by atoms with Gasteiger partial charge in [-0.3, -0.25) is 9.59 Å². The number of aromatic hydroxyl groups is 1. The summed E-state index contributed by atoms with van der Waals surface area (Å²) in [6, 6.07) is 21.5. The topological polar surface area (TPSA) is 90.8 Å². The highest BCUT2D eigenvalue weighted by molar-refractivity contribution is 9.11. The largest absolute Gasteiger partial charge is 0.506 e. The molecule has 8 heteroatoms. The third kappa shape index (κ3) is 6.55. The molecule has 0 heterocycles. The second-order valence-corrected chi connectivity index (χ2v) is 9.76. The first-order valence-corrected chi connectivity index (χ1v) is 12.3. The molecule has 6 nitrogen and oxygen atoms in total. The summed E-state index contributed by atoms with van der Waals surface area (Å²) >= 11 is 6.53. The van der Waals surface area contributed by atoms with Crippen LogP contribution in [-0.2, 0) is 9.59 Å². The van der Waals surface area contributed by atoms with Gasteiger partial charge in [0.25, 0.3) is 5.91 Å². The van der Waals surface area contributed by atoms with Gasteiger partial charge in [0.2, 0.25) is 5.91 Å². The zero-order chi connectivity index (χ0) is 24.7. The van der Waals surface area contributed by atoms with Crippen molar-refractivity contribution in [3.05, 3.63) is 98.4 Å². The molecule has 0 fully saturated rings. The highest BCUT2D eigenvalue weighted by Gasteiger charge is 2.29. The van der Waals surface area contributed by atoms with Crippen LogP contribution in [0.25, 0.3) is 0 Å². The van der Waals surface area contributed by atoms with Crippen LogP contribution in [-0.4, -0.2) is 29.2 Å². The van der Waals surface area contributed by atoms with Gasteiger partial charge in [-0.05, 0) is 66.6 Å². The molecule has 0 spiro atoms. The number of amides is 2. The van der Waals surface area contributed by atoms with E-state index in [2.05, 4.69) is 47.7 Å². The molecule has 0 unspecified atom stereocenters. The van der Waals surface area contributed by atoms with E-state index >= 15 is 0 Å². The molecule has 3 rings (SSSR count). The molecule has 3 aromatic rings. The number of rotatable bonds is 8. The molecule has 176 valence electrons. The summed E-state index contributed by atoms with van der Waals surface area (Å²) < 4.78 is 0.990. The number of hydrazone groups is 1. The number of halogens is 2. The SMILES string of the molecule is CC(C)[C@H](NC(=O)C(c1ccccc1)c1ccccc1)C(=O)N/N=C\c1cc(Br)c(O)c(Br)c1. The van der Waals surface area contributed by atoms with Gasteiger partial charge in [-0.1, -0.05) is 74.5 Å². The van der Waals surface area contributed by atoms with E-state index in [1.165, 1.54) is 6.21 Å². The van der Waals surface area contributed by atoms with Gasteiger partial charge < -0.3 is 10.4 Å². The number of phenolic OH excluding ortho intramolecular Hbond substituents is 1. The number of hydrogen-bond acceptors (Lipinski definition) is 4. The lowest BCUT2D eigenvalue weighted by Gasteiger charge is -2.24. The first-order valence-electron chi connectivity index (χ1n) is 10.7. The van der Waals surface area contributed by atoms with Crippen molar-refractivity contribution < 1.29 is 14.7 Å². The molecule has 2 amide bonds. The maximum absolute atomic E-state index is 13.4. The normalized spacial score (nSPS) is 12.2. The minimum Gasteiger partial charge on any atom is -0.506 e.